The number of rotatable bonds is 4. The fourth-order valence-electron chi connectivity index (χ4n) is 1.41. The van der Waals surface area contributed by atoms with Gasteiger partial charge in [-0.05, 0) is 18.1 Å². The summed E-state index contributed by atoms with van der Waals surface area (Å²) in [4.78, 5) is 8.43. The van der Waals surface area contributed by atoms with Gasteiger partial charge < -0.3 is 0 Å². The smallest absolute Gasteiger partial charge is 0.150 e. The monoisotopic (exact) mass is 202 g/mol. The normalized spacial score (nSPS) is 10.5. The molecule has 78 valence electrons. The van der Waals surface area contributed by atoms with Gasteiger partial charge >= 0.3 is 0 Å². The van der Waals surface area contributed by atoms with Crippen LogP contribution in [0.4, 0.5) is 0 Å². The molecule has 2 rings (SSSR count). The molecule has 0 atom stereocenters. The van der Waals surface area contributed by atoms with Crippen molar-refractivity contribution in [2.75, 3.05) is 0 Å². The van der Waals surface area contributed by atoms with Gasteiger partial charge in [-0.2, -0.15) is 5.10 Å². The minimum Gasteiger partial charge on any atom is -0.264 e. The van der Waals surface area contributed by atoms with Gasteiger partial charge in [0.15, 0.2) is 0 Å². The number of hydrogen-bond acceptors (Lipinski definition) is 3. The van der Waals surface area contributed by atoms with E-state index in [1.165, 1.54) is 5.56 Å². The van der Waals surface area contributed by atoms with Gasteiger partial charge in [0.05, 0.1) is 0 Å². The van der Waals surface area contributed by atoms with Gasteiger partial charge in [-0.1, -0.05) is 13.0 Å². The van der Waals surface area contributed by atoms with Crippen LogP contribution < -0.4 is 0 Å². The van der Waals surface area contributed by atoms with Crippen molar-refractivity contribution in [1.29, 1.82) is 0 Å². The lowest BCUT2D eigenvalue weighted by molar-refractivity contribution is 0.861. The van der Waals surface area contributed by atoms with E-state index in [0.717, 1.165) is 30.9 Å². The van der Waals surface area contributed by atoms with E-state index in [9.17, 15) is 0 Å². The van der Waals surface area contributed by atoms with Crippen LogP contribution >= 0.6 is 0 Å². The molecule has 0 aliphatic heterocycles. The lowest BCUT2D eigenvalue weighted by Gasteiger charge is -1.96. The molecule has 0 radical (unpaired) electrons. The van der Waals surface area contributed by atoms with Crippen LogP contribution in [-0.4, -0.2) is 20.2 Å². The first-order valence-corrected chi connectivity index (χ1v) is 5.17. The van der Waals surface area contributed by atoms with Crippen LogP contribution in [0.25, 0.3) is 0 Å². The summed E-state index contributed by atoms with van der Waals surface area (Å²) in [5.74, 6) is 1.84. The number of hydrogen-bond donors (Lipinski definition) is 1. The molecule has 0 amide bonds. The van der Waals surface area contributed by atoms with Crippen LogP contribution in [0.1, 0.15) is 24.1 Å². The van der Waals surface area contributed by atoms with Gasteiger partial charge in [0.1, 0.15) is 11.6 Å². The molecule has 0 aliphatic carbocycles. The number of aryl methyl sites for hydroxylation is 3. The lowest BCUT2D eigenvalue weighted by Crippen LogP contribution is -1.94. The van der Waals surface area contributed by atoms with Gasteiger partial charge in [-0.15, -0.1) is 0 Å². The van der Waals surface area contributed by atoms with E-state index in [-0.39, 0.29) is 0 Å². The van der Waals surface area contributed by atoms with Crippen LogP contribution in [-0.2, 0) is 19.3 Å². The van der Waals surface area contributed by atoms with Gasteiger partial charge in [0.25, 0.3) is 0 Å². The van der Waals surface area contributed by atoms with E-state index < -0.39 is 0 Å². The molecule has 0 saturated carbocycles. The van der Waals surface area contributed by atoms with Crippen molar-refractivity contribution in [3.05, 3.63) is 41.7 Å². The van der Waals surface area contributed by atoms with Crippen molar-refractivity contribution in [3.8, 4) is 0 Å². The molecule has 2 aromatic heterocycles. The van der Waals surface area contributed by atoms with E-state index in [1.807, 2.05) is 19.2 Å². The van der Waals surface area contributed by atoms with Crippen molar-refractivity contribution in [2.45, 2.75) is 26.2 Å². The highest BCUT2D eigenvalue weighted by atomic mass is 15.2. The van der Waals surface area contributed by atoms with E-state index in [4.69, 9.17) is 0 Å². The van der Waals surface area contributed by atoms with Gasteiger partial charge in [0, 0.05) is 25.2 Å². The lowest BCUT2D eigenvalue weighted by atomic mass is 10.1. The largest absolute Gasteiger partial charge is 0.264 e. The molecule has 0 unspecified atom stereocenters. The van der Waals surface area contributed by atoms with Crippen LogP contribution in [0.5, 0.6) is 0 Å². The number of pyridine rings is 1. The highest BCUT2D eigenvalue weighted by Crippen LogP contribution is 2.02. The molecule has 0 fully saturated rings. The maximum absolute atomic E-state index is 4.36. The van der Waals surface area contributed by atoms with Crippen molar-refractivity contribution in [3.63, 3.8) is 0 Å². The zero-order chi connectivity index (χ0) is 10.5. The average molecular weight is 202 g/mol. The van der Waals surface area contributed by atoms with Crippen LogP contribution in [0.15, 0.2) is 24.5 Å². The maximum Gasteiger partial charge on any atom is 0.150 e. The summed E-state index contributed by atoms with van der Waals surface area (Å²) >= 11 is 0. The molecule has 15 heavy (non-hydrogen) atoms. The molecule has 0 saturated heterocycles. The second kappa shape index (κ2) is 4.68. The predicted octanol–water partition coefficient (Wildman–Crippen LogP) is 1.55. The number of nitrogens with one attached hydrogen (secondary N) is 1. The Morgan fingerprint density at radius 3 is 2.93 bits per heavy atom. The average Bonchev–Trinajstić information content (AvgIpc) is 2.76. The van der Waals surface area contributed by atoms with Crippen LogP contribution in [0, 0.1) is 0 Å². The zero-order valence-corrected chi connectivity index (χ0v) is 8.77. The molecule has 4 nitrogen and oxygen atoms in total. The summed E-state index contributed by atoms with van der Waals surface area (Å²) in [5, 5.41) is 7.04. The van der Waals surface area contributed by atoms with Gasteiger partial charge in [-0.25, -0.2) is 4.98 Å². The minimum atomic E-state index is 0.878. The highest BCUT2D eigenvalue weighted by molar-refractivity contribution is 5.09. The minimum absolute atomic E-state index is 0.878. The number of H-pyrrole nitrogens is 1. The number of nitrogens with zero attached hydrogens (tertiary/aromatic N) is 3. The standard InChI is InChI=1S/C11H14N4/c1-2-10-13-11(15-14-10)6-5-9-4-3-7-12-8-9/h3-4,7-8H,2,5-6H2,1H3,(H,13,14,15). The quantitative estimate of drug-likeness (QED) is 0.818. The number of aromatic nitrogens is 4. The molecule has 0 spiro atoms. The van der Waals surface area contributed by atoms with E-state index in [2.05, 4.69) is 26.2 Å². The predicted molar refractivity (Wildman–Crippen MR) is 57.4 cm³/mol. The molecular weight excluding hydrogens is 188 g/mol. The van der Waals surface area contributed by atoms with Gasteiger partial charge in [-0.3, -0.25) is 10.1 Å². The first-order valence-electron chi connectivity index (χ1n) is 5.17. The maximum atomic E-state index is 4.36. The Labute approximate surface area is 88.8 Å². The summed E-state index contributed by atoms with van der Waals surface area (Å²) in [6.07, 6.45) is 6.39. The molecule has 2 aromatic rings. The second-order valence-corrected chi connectivity index (χ2v) is 3.41. The third kappa shape index (κ3) is 2.62. The molecule has 0 aromatic carbocycles. The fourth-order valence-corrected chi connectivity index (χ4v) is 1.41. The van der Waals surface area contributed by atoms with Crippen LogP contribution in [0.2, 0.25) is 0 Å². The van der Waals surface area contributed by atoms with E-state index >= 15 is 0 Å². The summed E-state index contributed by atoms with van der Waals surface area (Å²) in [5.41, 5.74) is 1.23. The van der Waals surface area contributed by atoms with Crippen molar-refractivity contribution < 1.29 is 0 Å². The Bertz CT molecular complexity index is 408. The van der Waals surface area contributed by atoms with Crippen LogP contribution in [0.3, 0.4) is 0 Å². The van der Waals surface area contributed by atoms with Crippen molar-refractivity contribution in [1.82, 2.24) is 20.2 Å². The van der Waals surface area contributed by atoms with Crippen molar-refractivity contribution >= 4 is 0 Å². The Morgan fingerprint density at radius 2 is 2.27 bits per heavy atom. The molecule has 1 N–H and O–H groups in total. The second-order valence-electron chi connectivity index (χ2n) is 3.41. The summed E-state index contributed by atoms with van der Waals surface area (Å²) in [6, 6.07) is 4.03. The zero-order valence-electron chi connectivity index (χ0n) is 8.77. The summed E-state index contributed by atoms with van der Waals surface area (Å²) in [7, 11) is 0. The first-order chi connectivity index (χ1) is 7.38. The third-order valence-electron chi connectivity index (χ3n) is 2.27. The van der Waals surface area contributed by atoms with Crippen molar-refractivity contribution in [2.24, 2.45) is 0 Å². The van der Waals surface area contributed by atoms with E-state index in [0.29, 0.717) is 0 Å². The molecule has 0 aliphatic rings. The van der Waals surface area contributed by atoms with E-state index in [1.54, 1.807) is 6.20 Å². The Morgan fingerprint density at radius 1 is 1.33 bits per heavy atom. The molecule has 0 bridgehead atoms. The van der Waals surface area contributed by atoms with Gasteiger partial charge in [0.2, 0.25) is 0 Å². The first kappa shape index (κ1) is 9.83. The third-order valence-corrected chi connectivity index (χ3v) is 2.27. The molecule has 4 heteroatoms. The Kier molecular flexibility index (Phi) is 3.07. The summed E-state index contributed by atoms with van der Waals surface area (Å²) < 4.78 is 0. The SMILES string of the molecule is CCc1n[nH]c(CCc2cccnc2)n1. The Balaban J connectivity index is 1.93. The fraction of sp³-hybridized carbons (Fsp3) is 0.364. The molecular formula is C11H14N4. The Hall–Kier alpha value is -1.71. The topological polar surface area (TPSA) is 54.5 Å². The molecule has 2 heterocycles. The highest BCUT2D eigenvalue weighted by Gasteiger charge is 2.01. The summed E-state index contributed by atoms with van der Waals surface area (Å²) in [6.45, 7) is 2.05. The number of aromatic amines is 1.